The van der Waals surface area contributed by atoms with E-state index in [0.29, 0.717) is 0 Å². The summed E-state index contributed by atoms with van der Waals surface area (Å²) < 4.78 is 4.85. The third-order valence-corrected chi connectivity index (χ3v) is 13.2. The Kier molecular flexibility index (Phi) is 6.04. The van der Waals surface area contributed by atoms with Crippen LogP contribution in [0.4, 0.5) is 0 Å². The van der Waals surface area contributed by atoms with E-state index in [1.165, 1.54) is 71.6 Å². The Morgan fingerprint density at radius 2 is 1.04 bits per heavy atom. The van der Waals surface area contributed by atoms with Crippen LogP contribution in [0.3, 0.4) is 0 Å². The van der Waals surface area contributed by atoms with Gasteiger partial charge in [-0.1, -0.05) is 108 Å². The topological polar surface area (TPSA) is 22.8 Å². The molecule has 0 unspecified atom stereocenters. The van der Waals surface area contributed by atoms with Gasteiger partial charge in [-0.15, -0.1) is 0 Å². The van der Waals surface area contributed by atoms with Gasteiger partial charge in [0.15, 0.2) is 0 Å². The molecule has 0 bridgehead atoms. The fourth-order valence-electron chi connectivity index (χ4n) is 9.27. The molecule has 1 aliphatic rings. The molecule has 1 aliphatic carbocycles. The summed E-state index contributed by atoms with van der Waals surface area (Å²) in [7, 11) is 0. The number of para-hydroxylation sites is 3. The van der Waals surface area contributed by atoms with Crippen LogP contribution in [0.25, 0.3) is 77.0 Å². The second kappa shape index (κ2) is 10.2. The number of rotatable bonds is 3. The maximum Gasteiger partial charge on any atom is 0.0942 e. The molecule has 9 aromatic rings. The molecular formula is C48H41N3. The van der Waals surface area contributed by atoms with E-state index in [0.717, 1.165) is 16.6 Å². The molecule has 0 N–H and O–H groups in total. The van der Waals surface area contributed by atoms with E-state index in [1.54, 1.807) is 0 Å². The summed E-state index contributed by atoms with van der Waals surface area (Å²) >= 11 is 0. The van der Waals surface area contributed by atoms with Gasteiger partial charge in [0.25, 0.3) is 0 Å². The first-order valence-corrected chi connectivity index (χ1v) is 18.1. The summed E-state index contributed by atoms with van der Waals surface area (Å²) in [5, 5.41) is 6.24. The van der Waals surface area contributed by atoms with Crippen molar-refractivity contribution in [2.75, 3.05) is 0 Å². The highest BCUT2D eigenvalue weighted by molar-refractivity contribution is 6.13. The fraction of sp³-hybridized carbons (Fsp3) is 0.188. The van der Waals surface area contributed by atoms with E-state index in [1.807, 2.05) is 12.3 Å². The van der Waals surface area contributed by atoms with Crippen LogP contribution in [0.15, 0.2) is 140 Å². The Balaban J connectivity index is 1.26. The molecular weight excluding hydrogens is 619 g/mol. The van der Waals surface area contributed by atoms with Crippen LogP contribution >= 0.6 is 0 Å². The quantitative estimate of drug-likeness (QED) is 0.185. The maximum atomic E-state index is 4.92. The largest absolute Gasteiger partial charge is 0.309 e. The van der Waals surface area contributed by atoms with Gasteiger partial charge in [-0.25, -0.2) is 0 Å². The van der Waals surface area contributed by atoms with Gasteiger partial charge >= 0.3 is 0 Å². The van der Waals surface area contributed by atoms with E-state index in [4.69, 9.17) is 4.98 Å². The zero-order chi connectivity index (χ0) is 34.9. The van der Waals surface area contributed by atoms with Crippen molar-refractivity contribution in [3.05, 3.63) is 151 Å². The third-order valence-electron chi connectivity index (χ3n) is 13.2. The highest BCUT2D eigenvalue weighted by atomic mass is 15.0. The molecule has 0 fully saturated rings. The molecule has 51 heavy (non-hydrogen) atoms. The van der Waals surface area contributed by atoms with E-state index in [2.05, 4.69) is 178 Å². The van der Waals surface area contributed by atoms with Gasteiger partial charge in [0, 0.05) is 38.8 Å². The Morgan fingerprint density at radius 3 is 1.78 bits per heavy atom. The lowest BCUT2D eigenvalue weighted by Gasteiger charge is -2.44. The van der Waals surface area contributed by atoms with Crippen LogP contribution in [-0.4, -0.2) is 14.1 Å². The zero-order valence-corrected chi connectivity index (χ0v) is 30.1. The standard InChI is InChI=1S/C48H41N3/c1-46(2)38-28-37-36-27-32(31-21-23-41-35(26-31)34-18-10-11-19-40(34)50(41)33-16-8-7-9-17-33)22-24-42(36)51(43-20-12-14-30-15-13-25-49-45(30)43)44(37)29-39(38)47(3,4)48(46,5)6/h7-29H,1-6H3. The van der Waals surface area contributed by atoms with Crippen molar-refractivity contribution in [2.24, 2.45) is 5.41 Å². The summed E-state index contributed by atoms with van der Waals surface area (Å²) in [5.41, 5.74) is 13.6. The van der Waals surface area contributed by atoms with Gasteiger partial charge < -0.3 is 9.13 Å². The average Bonchev–Trinajstić information content (AvgIpc) is 3.68. The van der Waals surface area contributed by atoms with Crippen molar-refractivity contribution >= 4 is 54.5 Å². The van der Waals surface area contributed by atoms with Crippen molar-refractivity contribution in [2.45, 2.75) is 52.4 Å². The normalized spacial score (nSPS) is 16.1. The first-order valence-electron chi connectivity index (χ1n) is 18.1. The van der Waals surface area contributed by atoms with E-state index < -0.39 is 0 Å². The fourth-order valence-corrected chi connectivity index (χ4v) is 9.27. The Morgan fingerprint density at radius 1 is 0.451 bits per heavy atom. The lowest BCUT2D eigenvalue weighted by atomic mass is 9.59. The Bertz CT molecular complexity index is 2870. The van der Waals surface area contributed by atoms with Crippen molar-refractivity contribution in [3.63, 3.8) is 0 Å². The average molecular weight is 660 g/mol. The van der Waals surface area contributed by atoms with Crippen LogP contribution in [0.5, 0.6) is 0 Å². The first-order chi connectivity index (χ1) is 24.6. The van der Waals surface area contributed by atoms with E-state index >= 15 is 0 Å². The molecule has 0 saturated heterocycles. The predicted molar refractivity (Wildman–Crippen MR) is 216 cm³/mol. The van der Waals surface area contributed by atoms with Crippen LogP contribution in [-0.2, 0) is 10.8 Å². The number of benzene rings is 6. The second-order valence-electron chi connectivity index (χ2n) is 16.1. The van der Waals surface area contributed by atoms with Crippen LogP contribution < -0.4 is 0 Å². The minimum Gasteiger partial charge on any atom is -0.309 e. The Labute approximate surface area is 298 Å². The van der Waals surface area contributed by atoms with Gasteiger partial charge in [-0.2, -0.15) is 0 Å². The SMILES string of the molecule is CC1(C)c2cc3c4cc(-c5ccc6c(c5)c5ccccc5n6-c5ccccc5)ccc4n(-c4cccc5cccnc45)c3cc2C(C)(C)C1(C)C. The maximum absolute atomic E-state index is 4.92. The van der Waals surface area contributed by atoms with Gasteiger partial charge in [-0.3, -0.25) is 4.98 Å². The molecule has 3 aromatic heterocycles. The molecule has 3 heterocycles. The minimum absolute atomic E-state index is 0.00217. The zero-order valence-electron chi connectivity index (χ0n) is 30.1. The molecule has 248 valence electrons. The lowest BCUT2D eigenvalue weighted by molar-refractivity contribution is 0.125. The molecule has 0 spiro atoms. The molecule has 6 aromatic carbocycles. The van der Waals surface area contributed by atoms with Crippen molar-refractivity contribution in [3.8, 4) is 22.5 Å². The lowest BCUT2D eigenvalue weighted by Crippen LogP contribution is -2.42. The molecule has 0 radical (unpaired) electrons. The van der Waals surface area contributed by atoms with E-state index in [9.17, 15) is 0 Å². The smallest absolute Gasteiger partial charge is 0.0942 e. The molecule has 0 amide bonds. The minimum atomic E-state index is -0.00217. The molecule has 3 nitrogen and oxygen atoms in total. The highest BCUT2D eigenvalue weighted by Crippen LogP contribution is 2.62. The summed E-state index contributed by atoms with van der Waals surface area (Å²) in [5.74, 6) is 0. The molecule has 0 aliphatic heterocycles. The number of nitrogens with zero attached hydrogens (tertiary/aromatic N) is 3. The number of aromatic nitrogens is 3. The highest BCUT2D eigenvalue weighted by Gasteiger charge is 2.57. The molecule has 3 heteroatoms. The first kappa shape index (κ1) is 30.2. The van der Waals surface area contributed by atoms with Crippen LogP contribution in [0, 0.1) is 5.41 Å². The predicted octanol–water partition coefficient (Wildman–Crippen LogP) is 12.7. The van der Waals surface area contributed by atoms with E-state index in [-0.39, 0.29) is 16.2 Å². The summed E-state index contributed by atoms with van der Waals surface area (Å²) in [4.78, 5) is 4.92. The summed E-state index contributed by atoms with van der Waals surface area (Å²) in [6.45, 7) is 14.6. The van der Waals surface area contributed by atoms with Gasteiger partial charge in [0.05, 0.1) is 33.3 Å². The molecule has 10 rings (SSSR count). The van der Waals surface area contributed by atoms with Crippen molar-refractivity contribution in [1.29, 1.82) is 0 Å². The Hall–Kier alpha value is -5.67. The summed E-state index contributed by atoms with van der Waals surface area (Å²) in [6.07, 6.45) is 1.91. The van der Waals surface area contributed by atoms with Gasteiger partial charge in [-0.05, 0) is 105 Å². The number of hydrogen-bond donors (Lipinski definition) is 0. The van der Waals surface area contributed by atoms with Crippen molar-refractivity contribution < 1.29 is 0 Å². The van der Waals surface area contributed by atoms with Crippen LogP contribution in [0.2, 0.25) is 0 Å². The van der Waals surface area contributed by atoms with Crippen LogP contribution in [0.1, 0.15) is 52.7 Å². The van der Waals surface area contributed by atoms with Crippen molar-refractivity contribution in [1.82, 2.24) is 14.1 Å². The third kappa shape index (κ3) is 3.92. The molecule has 0 atom stereocenters. The number of hydrogen-bond acceptors (Lipinski definition) is 1. The number of pyridine rings is 1. The number of fused-ring (bicyclic) bond motifs is 8. The summed E-state index contributed by atoms with van der Waals surface area (Å²) in [6, 6.07) is 49.3. The van der Waals surface area contributed by atoms with Gasteiger partial charge in [0.2, 0.25) is 0 Å². The van der Waals surface area contributed by atoms with Gasteiger partial charge in [0.1, 0.15) is 0 Å². The monoisotopic (exact) mass is 659 g/mol. The molecule has 0 saturated carbocycles. The second-order valence-corrected chi connectivity index (χ2v) is 16.1.